The summed E-state index contributed by atoms with van der Waals surface area (Å²) in [5, 5.41) is 1.13. The van der Waals surface area contributed by atoms with Gasteiger partial charge in [0, 0.05) is 31.0 Å². The molecule has 2 aliphatic heterocycles. The van der Waals surface area contributed by atoms with Crippen molar-refractivity contribution in [1.82, 2.24) is 13.9 Å². The summed E-state index contributed by atoms with van der Waals surface area (Å²) in [6.07, 6.45) is 2.30. The largest absolute Gasteiger partial charge is 0.457 e. The first-order valence-corrected chi connectivity index (χ1v) is 14.0. The molecule has 1 fully saturated rings. The van der Waals surface area contributed by atoms with Crippen molar-refractivity contribution in [2.24, 2.45) is 5.92 Å². The van der Waals surface area contributed by atoms with Crippen molar-refractivity contribution in [2.75, 3.05) is 32.1 Å². The minimum absolute atomic E-state index is 0.0221. The molecule has 4 rings (SSSR count). The molecule has 12 heteroatoms. The molecule has 2 aliphatic rings. The second kappa shape index (κ2) is 9.53. The zero-order valence-electron chi connectivity index (χ0n) is 18.3. The molecule has 10 nitrogen and oxygen atoms in total. The van der Waals surface area contributed by atoms with Gasteiger partial charge in [0.25, 0.3) is 0 Å². The maximum Gasteiger partial charge on any atom is 0.306 e. The summed E-state index contributed by atoms with van der Waals surface area (Å²) < 4.78 is 62.9. The van der Waals surface area contributed by atoms with Crippen molar-refractivity contribution >= 4 is 36.9 Å². The number of rotatable bonds is 8. The number of morpholine rings is 1. The Morgan fingerprint density at radius 3 is 2.70 bits per heavy atom. The lowest BCUT2D eigenvalue weighted by molar-refractivity contribution is -0.145. The van der Waals surface area contributed by atoms with Crippen LogP contribution in [-0.2, 0) is 47.3 Å². The van der Waals surface area contributed by atoms with Crippen LogP contribution < -0.4 is 0 Å². The van der Waals surface area contributed by atoms with E-state index in [0.29, 0.717) is 44.2 Å². The Morgan fingerprint density at radius 2 is 2.03 bits per heavy atom. The van der Waals surface area contributed by atoms with Crippen LogP contribution in [0, 0.1) is 5.92 Å². The molecule has 0 bridgehead atoms. The van der Waals surface area contributed by atoms with E-state index in [1.165, 1.54) is 10.4 Å². The number of esters is 1. The molecule has 0 saturated carbocycles. The fourth-order valence-electron chi connectivity index (χ4n) is 4.02. The van der Waals surface area contributed by atoms with Gasteiger partial charge < -0.3 is 14.0 Å². The number of sulfone groups is 1. The van der Waals surface area contributed by atoms with Crippen molar-refractivity contribution in [2.45, 2.75) is 37.8 Å². The number of sulfonamides is 1. The van der Waals surface area contributed by atoms with Crippen LogP contribution in [-0.4, -0.2) is 68.7 Å². The topological polar surface area (TPSA) is 125 Å². The predicted molar refractivity (Wildman–Crippen MR) is 120 cm³/mol. The van der Waals surface area contributed by atoms with Gasteiger partial charge in [-0.05, 0) is 24.6 Å². The highest BCUT2D eigenvalue weighted by Crippen LogP contribution is 2.25. The van der Waals surface area contributed by atoms with Gasteiger partial charge in [-0.1, -0.05) is 13.0 Å². The van der Waals surface area contributed by atoms with Crippen LogP contribution in [0.3, 0.4) is 0 Å². The summed E-state index contributed by atoms with van der Waals surface area (Å²) in [5.74, 6) is -0.468. The smallest absolute Gasteiger partial charge is 0.306 e. The fraction of sp³-hybridized carbons (Fsp3) is 0.524. The first-order valence-electron chi connectivity index (χ1n) is 10.8. The van der Waals surface area contributed by atoms with Gasteiger partial charge in [-0.2, -0.15) is 4.31 Å². The summed E-state index contributed by atoms with van der Waals surface area (Å²) in [7, 11) is -6.88. The molecule has 1 saturated heterocycles. The average molecular weight is 498 g/mol. The van der Waals surface area contributed by atoms with E-state index in [-0.39, 0.29) is 29.6 Å². The van der Waals surface area contributed by atoms with E-state index < -0.39 is 25.8 Å². The molecule has 0 spiro atoms. The lowest BCUT2D eigenvalue weighted by Gasteiger charge is -2.26. The van der Waals surface area contributed by atoms with Crippen molar-refractivity contribution < 1.29 is 31.1 Å². The van der Waals surface area contributed by atoms with Gasteiger partial charge in [-0.15, -0.1) is 0 Å². The van der Waals surface area contributed by atoms with Crippen LogP contribution in [0.1, 0.15) is 25.6 Å². The van der Waals surface area contributed by atoms with Crippen LogP contribution in [0.4, 0.5) is 0 Å². The maximum absolute atomic E-state index is 13.0. The summed E-state index contributed by atoms with van der Waals surface area (Å²) in [6, 6.07) is 4.85. The Balaban J connectivity index is 1.52. The molecule has 0 N–H and O–H groups in total. The molecule has 0 aliphatic carbocycles. The lowest BCUT2D eigenvalue weighted by Crippen LogP contribution is -2.40. The monoisotopic (exact) mass is 497 g/mol. The third kappa shape index (κ3) is 5.29. The molecule has 1 aromatic carbocycles. The molecule has 2 aromatic rings. The number of ether oxygens (including phenoxy) is 2. The van der Waals surface area contributed by atoms with Crippen molar-refractivity contribution in [3.05, 3.63) is 35.5 Å². The lowest BCUT2D eigenvalue weighted by atomic mass is 10.1. The van der Waals surface area contributed by atoms with E-state index in [9.17, 15) is 21.6 Å². The van der Waals surface area contributed by atoms with Crippen LogP contribution in [0.15, 0.2) is 34.6 Å². The van der Waals surface area contributed by atoms with E-state index in [2.05, 4.69) is 4.98 Å². The van der Waals surface area contributed by atoms with E-state index in [1.807, 2.05) is 11.5 Å². The zero-order chi connectivity index (χ0) is 23.6. The normalized spacial score (nSPS) is 20.9. The van der Waals surface area contributed by atoms with Crippen molar-refractivity contribution in [3.63, 3.8) is 0 Å². The fourth-order valence-corrected chi connectivity index (χ4v) is 6.85. The Labute approximate surface area is 193 Å². The molecular formula is C21H27N3O7S2. The quantitative estimate of drug-likeness (QED) is 0.502. The molecule has 0 amide bonds. The van der Waals surface area contributed by atoms with Crippen LogP contribution in [0.2, 0.25) is 0 Å². The van der Waals surface area contributed by atoms with Crippen molar-refractivity contribution in [1.29, 1.82) is 0 Å². The molecule has 1 atom stereocenters. The number of fused-ring (bicyclic) bond motifs is 1. The average Bonchev–Trinajstić information content (AvgIpc) is 3.31. The molecule has 1 aromatic heterocycles. The first kappa shape index (κ1) is 23.9. The molecular weight excluding hydrogens is 470 g/mol. The van der Waals surface area contributed by atoms with Gasteiger partial charge in [0.2, 0.25) is 10.0 Å². The first-order chi connectivity index (χ1) is 15.7. The third-order valence-electron chi connectivity index (χ3n) is 5.65. The highest BCUT2D eigenvalue weighted by Gasteiger charge is 2.28. The minimum Gasteiger partial charge on any atom is -0.457 e. The number of carbonyl (C=O) groups is 1. The number of allylic oxidation sites excluding steroid dienone is 1. The van der Waals surface area contributed by atoms with E-state index in [0.717, 1.165) is 17.3 Å². The summed E-state index contributed by atoms with van der Waals surface area (Å²) in [4.78, 5) is 17.0. The maximum atomic E-state index is 13.0. The van der Waals surface area contributed by atoms with Crippen LogP contribution >= 0.6 is 0 Å². The van der Waals surface area contributed by atoms with Gasteiger partial charge in [0.05, 0.1) is 41.3 Å². The second-order valence-corrected chi connectivity index (χ2v) is 12.0. The number of hydrogen-bond acceptors (Lipinski definition) is 8. The highest BCUT2D eigenvalue weighted by molar-refractivity contribution is 7.94. The SMILES string of the molecule is CCCn1c(COC(=O)CC2C=CS(=O)(=O)C2)nc2cc(S(=O)(=O)N3CCOCC3)ccc21. The Kier molecular flexibility index (Phi) is 6.89. The number of imidazole rings is 1. The molecule has 1 unspecified atom stereocenters. The van der Waals surface area contributed by atoms with E-state index >= 15 is 0 Å². The molecule has 180 valence electrons. The zero-order valence-corrected chi connectivity index (χ0v) is 20.0. The van der Waals surface area contributed by atoms with Gasteiger partial charge in [0.15, 0.2) is 9.84 Å². The minimum atomic E-state index is -3.65. The number of benzene rings is 1. The number of hydrogen-bond donors (Lipinski definition) is 0. The molecule has 3 heterocycles. The standard InChI is InChI=1S/C21H27N3O7S2/c1-2-6-24-19-4-3-17(33(28,29)23-7-9-30-10-8-23)13-18(19)22-20(24)14-31-21(25)12-16-5-11-32(26,27)15-16/h3-5,11,13,16H,2,6-10,12,14-15H2,1H3. The number of nitrogens with zero attached hydrogens (tertiary/aromatic N) is 3. The summed E-state index contributed by atoms with van der Waals surface area (Å²) >= 11 is 0. The van der Waals surface area contributed by atoms with E-state index in [1.54, 1.807) is 18.2 Å². The number of aromatic nitrogens is 2. The number of carbonyl (C=O) groups excluding carboxylic acids is 1. The second-order valence-electron chi connectivity index (χ2n) is 8.13. The van der Waals surface area contributed by atoms with Crippen molar-refractivity contribution in [3.8, 4) is 0 Å². The van der Waals surface area contributed by atoms with E-state index in [4.69, 9.17) is 9.47 Å². The Bertz CT molecular complexity index is 1280. The third-order valence-corrected chi connectivity index (χ3v) is 9.01. The predicted octanol–water partition coefficient (Wildman–Crippen LogP) is 1.46. The van der Waals surface area contributed by atoms with Gasteiger partial charge >= 0.3 is 5.97 Å². The molecule has 0 radical (unpaired) electrons. The van der Waals surface area contributed by atoms with Gasteiger partial charge in [-0.3, -0.25) is 4.79 Å². The summed E-state index contributed by atoms with van der Waals surface area (Å²) in [6.45, 7) is 3.90. The molecule has 33 heavy (non-hydrogen) atoms. The van der Waals surface area contributed by atoms with Gasteiger partial charge in [0.1, 0.15) is 12.4 Å². The Morgan fingerprint density at radius 1 is 1.27 bits per heavy atom. The van der Waals surface area contributed by atoms with Crippen LogP contribution in [0.5, 0.6) is 0 Å². The highest BCUT2D eigenvalue weighted by atomic mass is 32.2. The summed E-state index contributed by atoms with van der Waals surface area (Å²) in [5.41, 5.74) is 1.27. The van der Waals surface area contributed by atoms with Crippen LogP contribution in [0.25, 0.3) is 11.0 Å². The number of aryl methyl sites for hydroxylation is 1. The Hall–Kier alpha value is -2.28. The van der Waals surface area contributed by atoms with Gasteiger partial charge in [-0.25, -0.2) is 21.8 Å².